The molecule has 0 aromatic carbocycles. The monoisotopic (exact) mass is 240 g/mol. The maximum atomic E-state index is 12.1. The molecule has 1 rings (SSSR count). The molecule has 4 nitrogen and oxygen atoms in total. The predicted molar refractivity (Wildman–Crippen MR) is 67.5 cm³/mol. The van der Waals surface area contributed by atoms with E-state index in [1.54, 1.807) is 11.9 Å². The van der Waals surface area contributed by atoms with Crippen LogP contribution in [0.25, 0.3) is 0 Å². The molecule has 4 heteroatoms. The fraction of sp³-hybridized carbons (Fsp3) is 0.846. The number of nitrogens with zero attached hydrogens (tertiary/aromatic N) is 1. The van der Waals surface area contributed by atoms with Gasteiger partial charge in [0.15, 0.2) is 0 Å². The smallest absolute Gasteiger partial charge is 0.323 e. The summed E-state index contributed by atoms with van der Waals surface area (Å²) in [6, 6.07) is -0.376. The minimum atomic E-state index is -0.296. The minimum Gasteiger partial charge on any atom is -0.323 e. The number of carbonyl (C=O) groups is 2. The largest absolute Gasteiger partial charge is 0.324 e. The Balaban J connectivity index is 3.23. The van der Waals surface area contributed by atoms with Crippen LogP contribution in [0.3, 0.4) is 0 Å². The van der Waals surface area contributed by atoms with Gasteiger partial charge in [0.25, 0.3) is 0 Å². The molecule has 2 unspecified atom stereocenters. The van der Waals surface area contributed by atoms with Crippen molar-refractivity contribution in [3.05, 3.63) is 0 Å². The number of imide groups is 1. The maximum absolute atomic E-state index is 12.1. The molecule has 1 heterocycles. The maximum Gasteiger partial charge on any atom is 0.324 e. The van der Waals surface area contributed by atoms with E-state index < -0.39 is 0 Å². The van der Waals surface area contributed by atoms with E-state index in [2.05, 4.69) is 26.1 Å². The molecule has 0 aromatic rings. The lowest BCUT2D eigenvalue weighted by atomic mass is 9.66. The molecule has 17 heavy (non-hydrogen) atoms. The first-order chi connectivity index (χ1) is 7.46. The fourth-order valence-electron chi connectivity index (χ4n) is 2.71. The molecule has 1 aliphatic heterocycles. The lowest BCUT2D eigenvalue weighted by molar-refractivity contribution is -0.135. The summed E-state index contributed by atoms with van der Waals surface area (Å²) in [6.45, 7) is 12.3. The topological polar surface area (TPSA) is 49.4 Å². The average Bonchev–Trinajstić information content (AvgIpc) is 2.06. The number of rotatable bonds is 0. The van der Waals surface area contributed by atoms with Crippen LogP contribution < -0.4 is 5.32 Å². The zero-order valence-electron chi connectivity index (χ0n) is 11.9. The first-order valence-corrected chi connectivity index (χ1v) is 6.04. The van der Waals surface area contributed by atoms with Crippen molar-refractivity contribution in [1.29, 1.82) is 0 Å². The standard InChI is InChI=1S/C13H24N2O2/c1-12(2,3)8-9(13(4,5)6)15(7)11(17)14-10(8)16/h8-9H,1-7H3,(H,14,16,17). The van der Waals surface area contributed by atoms with Gasteiger partial charge in [-0.05, 0) is 10.8 Å². The van der Waals surface area contributed by atoms with Gasteiger partial charge in [0.05, 0.1) is 12.0 Å². The van der Waals surface area contributed by atoms with E-state index in [4.69, 9.17) is 0 Å². The highest BCUT2D eigenvalue weighted by Gasteiger charge is 2.50. The highest BCUT2D eigenvalue weighted by molar-refractivity contribution is 5.98. The van der Waals surface area contributed by atoms with Gasteiger partial charge in [0, 0.05) is 7.05 Å². The Morgan fingerprint density at radius 3 is 1.82 bits per heavy atom. The summed E-state index contributed by atoms with van der Waals surface area (Å²) in [5, 5.41) is 2.44. The van der Waals surface area contributed by atoms with E-state index in [-0.39, 0.29) is 34.7 Å². The Kier molecular flexibility index (Phi) is 3.29. The second kappa shape index (κ2) is 4.00. The lowest BCUT2D eigenvalue weighted by Gasteiger charge is -2.49. The molecular formula is C13H24N2O2. The van der Waals surface area contributed by atoms with Crippen LogP contribution in [-0.2, 0) is 4.79 Å². The Bertz CT molecular complexity index is 336. The summed E-state index contributed by atoms with van der Waals surface area (Å²) in [5.41, 5.74) is -0.295. The van der Waals surface area contributed by atoms with E-state index in [1.807, 2.05) is 20.8 Å². The highest BCUT2D eigenvalue weighted by atomic mass is 16.2. The molecule has 1 N–H and O–H groups in total. The molecule has 0 spiro atoms. The van der Waals surface area contributed by atoms with E-state index in [1.165, 1.54) is 0 Å². The molecular weight excluding hydrogens is 216 g/mol. The first kappa shape index (κ1) is 14.0. The molecule has 0 saturated carbocycles. The van der Waals surface area contributed by atoms with Gasteiger partial charge in [-0.1, -0.05) is 41.5 Å². The molecule has 0 aliphatic carbocycles. The minimum absolute atomic E-state index is 0.0799. The van der Waals surface area contributed by atoms with Crippen molar-refractivity contribution in [2.75, 3.05) is 7.05 Å². The quantitative estimate of drug-likeness (QED) is 0.706. The number of urea groups is 1. The van der Waals surface area contributed by atoms with Crippen LogP contribution in [0.2, 0.25) is 0 Å². The third-order valence-electron chi connectivity index (χ3n) is 3.39. The number of hydrogen-bond acceptors (Lipinski definition) is 2. The lowest BCUT2D eigenvalue weighted by Crippen LogP contribution is -2.65. The Morgan fingerprint density at radius 1 is 1.00 bits per heavy atom. The Labute approximate surface area is 104 Å². The van der Waals surface area contributed by atoms with Crippen molar-refractivity contribution in [3.63, 3.8) is 0 Å². The SMILES string of the molecule is CN1C(=O)NC(=O)C(C(C)(C)C)C1C(C)(C)C. The molecule has 1 fully saturated rings. The summed E-state index contributed by atoms with van der Waals surface area (Å²) >= 11 is 0. The van der Waals surface area contributed by atoms with Crippen LogP contribution in [0.5, 0.6) is 0 Å². The second-order valence-corrected chi connectivity index (χ2v) is 7.06. The second-order valence-electron chi connectivity index (χ2n) is 7.06. The van der Waals surface area contributed by atoms with E-state index in [9.17, 15) is 9.59 Å². The summed E-state index contributed by atoms with van der Waals surface area (Å²) in [4.78, 5) is 25.5. The first-order valence-electron chi connectivity index (χ1n) is 6.04. The van der Waals surface area contributed by atoms with Crippen molar-refractivity contribution in [1.82, 2.24) is 10.2 Å². The van der Waals surface area contributed by atoms with E-state index in [0.717, 1.165) is 0 Å². The molecule has 1 aliphatic rings. The molecule has 0 radical (unpaired) electrons. The van der Waals surface area contributed by atoms with Gasteiger partial charge in [0.2, 0.25) is 5.91 Å². The van der Waals surface area contributed by atoms with Gasteiger partial charge in [-0.3, -0.25) is 10.1 Å². The number of nitrogens with one attached hydrogen (secondary N) is 1. The van der Waals surface area contributed by atoms with Crippen LogP contribution in [0.4, 0.5) is 4.79 Å². The van der Waals surface area contributed by atoms with Crippen LogP contribution in [-0.4, -0.2) is 29.9 Å². The molecule has 0 bridgehead atoms. The molecule has 1 saturated heterocycles. The number of carbonyl (C=O) groups excluding carboxylic acids is 2. The van der Waals surface area contributed by atoms with Crippen molar-refractivity contribution in [3.8, 4) is 0 Å². The Morgan fingerprint density at radius 2 is 1.47 bits per heavy atom. The third kappa shape index (κ3) is 2.61. The van der Waals surface area contributed by atoms with Crippen LogP contribution in [0, 0.1) is 16.7 Å². The summed E-state index contributed by atoms with van der Waals surface area (Å²) in [5.74, 6) is -0.342. The zero-order chi connectivity index (χ0) is 13.6. The zero-order valence-corrected chi connectivity index (χ0v) is 11.9. The normalized spacial score (nSPS) is 27.1. The van der Waals surface area contributed by atoms with E-state index in [0.29, 0.717) is 0 Å². The van der Waals surface area contributed by atoms with Gasteiger partial charge in [0.1, 0.15) is 0 Å². The summed E-state index contributed by atoms with van der Waals surface area (Å²) in [6.07, 6.45) is 0. The Hall–Kier alpha value is -1.06. The number of hydrogen-bond donors (Lipinski definition) is 1. The van der Waals surface area contributed by atoms with Crippen molar-refractivity contribution < 1.29 is 9.59 Å². The van der Waals surface area contributed by atoms with E-state index >= 15 is 0 Å². The summed E-state index contributed by atoms with van der Waals surface area (Å²) < 4.78 is 0. The average molecular weight is 240 g/mol. The molecule has 0 aromatic heterocycles. The van der Waals surface area contributed by atoms with Crippen molar-refractivity contribution >= 4 is 11.9 Å². The van der Waals surface area contributed by atoms with Crippen LogP contribution >= 0.6 is 0 Å². The third-order valence-corrected chi connectivity index (χ3v) is 3.39. The van der Waals surface area contributed by atoms with Crippen molar-refractivity contribution in [2.45, 2.75) is 47.6 Å². The van der Waals surface area contributed by atoms with Gasteiger partial charge in [-0.2, -0.15) is 0 Å². The van der Waals surface area contributed by atoms with Gasteiger partial charge >= 0.3 is 6.03 Å². The van der Waals surface area contributed by atoms with Crippen LogP contribution in [0.1, 0.15) is 41.5 Å². The highest BCUT2D eigenvalue weighted by Crippen LogP contribution is 2.40. The van der Waals surface area contributed by atoms with Gasteiger partial charge in [-0.25, -0.2) is 4.79 Å². The molecule has 98 valence electrons. The van der Waals surface area contributed by atoms with Crippen molar-refractivity contribution in [2.24, 2.45) is 16.7 Å². The molecule has 2 atom stereocenters. The number of amides is 3. The predicted octanol–water partition coefficient (Wildman–Crippen LogP) is 2.25. The van der Waals surface area contributed by atoms with Crippen LogP contribution in [0.15, 0.2) is 0 Å². The molecule has 3 amide bonds. The van der Waals surface area contributed by atoms with Gasteiger partial charge < -0.3 is 4.90 Å². The fourth-order valence-corrected chi connectivity index (χ4v) is 2.71. The summed E-state index contributed by atoms with van der Waals surface area (Å²) in [7, 11) is 1.76. The van der Waals surface area contributed by atoms with Gasteiger partial charge in [-0.15, -0.1) is 0 Å².